The van der Waals surface area contributed by atoms with Crippen molar-refractivity contribution < 1.29 is 14.3 Å². The largest absolute Gasteiger partial charge is 0.496 e. The van der Waals surface area contributed by atoms with Gasteiger partial charge in [0.25, 0.3) is 0 Å². The monoisotopic (exact) mass is 494 g/mol. The number of rotatable bonds is 15. The molecule has 0 bridgehead atoms. The van der Waals surface area contributed by atoms with Crippen LogP contribution < -0.4 is 15.5 Å². The Bertz CT molecular complexity index is 1140. The molecule has 0 unspecified atom stereocenters. The van der Waals surface area contributed by atoms with E-state index in [4.69, 9.17) is 9.72 Å². The lowest BCUT2D eigenvalue weighted by molar-refractivity contribution is -0.122. The Labute approximate surface area is 213 Å². The van der Waals surface area contributed by atoms with Gasteiger partial charge in [-0.2, -0.15) is 0 Å². The van der Waals surface area contributed by atoms with Gasteiger partial charge in [0, 0.05) is 51.4 Å². The zero-order valence-electron chi connectivity index (χ0n) is 21.8. The zero-order chi connectivity index (χ0) is 25.9. The number of benzene rings is 1. The third-order valence-corrected chi connectivity index (χ3v) is 6.06. The van der Waals surface area contributed by atoms with Crippen LogP contribution in [0.2, 0.25) is 0 Å². The molecule has 0 radical (unpaired) electrons. The number of hydrogen-bond donors (Lipinski definition) is 3. The van der Waals surface area contributed by atoms with Crippen molar-refractivity contribution in [1.29, 1.82) is 0 Å². The van der Waals surface area contributed by atoms with Crippen molar-refractivity contribution in [3.8, 4) is 17.1 Å². The number of H-pyrrole nitrogens is 1. The van der Waals surface area contributed by atoms with Crippen LogP contribution in [-0.2, 0) is 9.59 Å². The second kappa shape index (κ2) is 13.7. The highest BCUT2D eigenvalue weighted by atomic mass is 16.5. The number of carbonyl (C=O) groups is 2. The number of pyridine rings is 1. The first-order valence-corrected chi connectivity index (χ1v) is 12.6. The molecule has 3 aromatic rings. The molecule has 9 heteroatoms. The normalized spacial score (nSPS) is 12.1. The van der Waals surface area contributed by atoms with Gasteiger partial charge in [-0.3, -0.25) is 20.0 Å². The van der Waals surface area contributed by atoms with Gasteiger partial charge in [0.05, 0.1) is 36.3 Å². The van der Waals surface area contributed by atoms with Gasteiger partial charge in [0.15, 0.2) is 0 Å². The summed E-state index contributed by atoms with van der Waals surface area (Å²) in [6.45, 7) is 2.45. The number of imidazole rings is 1. The number of amides is 1. The first-order chi connectivity index (χ1) is 17.4. The van der Waals surface area contributed by atoms with E-state index in [0.29, 0.717) is 37.4 Å². The molecule has 194 valence electrons. The van der Waals surface area contributed by atoms with Crippen LogP contribution in [0.5, 0.6) is 5.75 Å². The quantitative estimate of drug-likeness (QED) is 0.215. The lowest BCUT2D eigenvalue weighted by Crippen LogP contribution is -2.36. The van der Waals surface area contributed by atoms with Crippen molar-refractivity contribution in [2.24, 2.45) is 0 Å². The molecule has 0 aliphatic heterocycles. The molecule has 1 amide bonds. The number of ketones is 1. The molecule has 0 saturated carbocycles. The summed E-state index contributed by atoms with van der Waals surface area (Å²) in [6.07, 6.45) is 6.72. The van der Waals surface area contributed by atoms with Gasteiger partial charge in [-0.25, -0.2) is 9.97 Å². The highest BCUT2D eigenvalue weighted by Crippen LogP contribution is 2.30. The fraction of sp³-hybridized carbons (Fsp3) is 0.481. The first kappa shape index (κ1) is 27.3. The molecule has 0 aliphatic carbocycles. The highest BCUT2D eigenvalue weighted by molar-refractivity contribution is 5.87. The topological polar surface area (TPSA) is 112 Å². The number of nitrogens with one attached hydrogen (secondary N) is 3. The number of carbonyl (C=O) groups excluding carboxylic acids is 2. The van der Waals surface area contributed by atoms with Gasteiger partial charge in [0.1, 0.15) is 17.4 Å². The molecule has 36 heavy (non-hydrogen) atoms. The molecule has 9 nitrogen and oxygen atoms in total. The minimum Gasteiger partial charge on any atom is -0.496 e. The Kier molecular flexibility index (Phi) is 10.4. The number of fused-ring (bicyclic) bond motifs is 1. The molecule has 0 saturated heterocycles. The summed E-state index contributed by atoms with van der Waals surface area (Å²) in [5, 5.41) is 5.90. The van der Waals surface area contributed by atoms with E-state index in [0.717, 1.165) is 53.7 Å². The molecular formula is C27H38N6O3. The molecule has 1 atom stereocenters. The van der Waals surface area contributed by atoms with Crippen molar-refractivity contribution in [3.63, 3.8) is 0 Å². The maximum Gasteiger partial charge on any atom is 0.221 e. The van der Waals surface area contributed by atoms with Gasteiger partial charge < -0.3 is 15.0 Å². The minimum atomic E-state index is -0.255. The predicted molar refractivity (Wildman–Crippen MR) is 141 cm³/mol. The number of nitrogens with zero attached hydrogens (tertiary/aromatic N) is 3. The lowest BCUT2D eigenvalue weighted by Gasteiger charge is -2.18. The van der Waals surface area contributed by atoms with Crippen LogP contribution in [0.25, 0.3) is 22.3 Å². The molecule has 3 rings (SSSR count). The molecule has 1 aromatic carbocycles. The lowest BCUT2D eigenvalue weighted by atomic mass is 10.0. The summed E-state index contributed by atoms with van der Waals surface area (Å²) in [4.78, 5) is 37.0. The van der Waals surface area contributed by atoms with Crippen LogP contribution in [-0.4, -0.2) is 59.4 Å². The van der Waals surface area contributed by atoms with Gasteiger partial charge in [-0.1, -0.05) is 31.9 Å². The van der Waals surface area contributed by atoms with Crippen LogP contribution in [0, 0.1) is 0 Å². The van der Waals surface area contributed by atoms with Crippen LogP contribution in [0.15, 0.2) is 36.5 Å². The number of aromatic amines is 1. The number of methoxy groups -OCH3 is 1. The average Bonchev–Trinajstić information content (AvgIpc) is 3.37. The van der Waals surface area contributed by atoms with E-state index in [-0.39, 0.29) is 11.9 Å². The number of unbranched alkanes of at least 4 members (excludes halogenated alkanes) is 2. The number of hydrazine groups is 1. The first-order valence-electron chi connectivity index (χ1n) is 12.6. The Hall–Kier alpha value is -3.30. The third kappa shape index (κ3) is 7.86. The fourth-order valence-electron chi connectivity index (χ4n) is 4.06. The van der Waals surface area contributed by atoms with Crippen LogP contribution in [0.3, 0.4) is 0 Å². The van der Waals surface area contributed by atoms with Crippen molar-refractivity contribution in [3.05, 3.63) is 42.4 Å². The van der Waals surface area contributed by atoms with Crippen molar-refractivity contribution in [2.45, 2.75) is 57.9 Å². The SMILES string of the molecule is CCC(=O)CCCCC[C@H](NC(=O)CCNN(C)C)c1ncc(-c2cc(OC)c3ccccc3n2)[nH]1. The minimum absolute atomic E-state index is 0.0426. The van der Waals surface area contributed by atoms with Crippen molar-refractivity contribution >= 4 is 22.6 Å². The van der Waals surface area contributed by atoms with Gasteiger partial charge in [-0.15, -0.1) is 0 Å². The average molecular weight is 495 g/mol. The Morgan fingerprint density at radius 3 is 2.69 bits per heavy atom. The van der Waals surface area contributed by atoms with Gasteiger partial charge in [0.2, 0.25) is 5.91 Å². The van der Waals surface area contributed by atoms with E-state index in [1.807, 2.05) is 56.4 Å². The standard InChI is InChI=1S/C27H38N6O3/c1-5-19(34)11-7-6-8-14-22(31-26(35)15-16-29-33(2)3)27-28-18-24(32-27)23-17-25(36-4)20-12-9-10-13-21(20)30-23/h9-10,12-13,17-18,22,29H,5-8,11,14-16H2,1-4H3,(H,28,32)(H,31,35)/t22-/m0/s1. The van der Waals surface area contributed by atoms with Gasteiger partial charge >= 0.3 is 0 Å². The number of aromatic nitrogens is 3. The maximum absolute atomic E-state index is 12.6. The van der Waals surface area contributed by atoms with E-state index >= 15 is 0 Å². The third-order valence-electron chi connectivity index (χ3n) is 6.06. The van der Waals surface area contributed by atoms with Crippen molar-refractivity contribution in [1.82, 2.24) is 30.7 Å². The predicted octanol–water partition coefficient (Wildman–Crippen LogP) is 4.18. The maximum atomic E-state index is 12.6. The summed E-state index contributed by atoms with van der Waals surface area (Å²) in [5.41, 5.74) is 5.43. The smallest absolute Gasteiger partial charge is 0.221 e. The summed E-state index contributed by atoms with van der Waals surface area (Å²) >= 11 is 0. The van der Waals surface area contributed by atoms with E-state index in [1.54, 1.807) is 13.3 Å². The van der Waals surface area contributed by atoms with Crippen LogP contribution in [0.4, 0.5) is 0 Å². The van der Waals surface area contributed by atoms with Gasteiger partial charge in [-0.05, 0) is 25.0 Å². The summed E-state index contributed by atoms with van der Waals surface area (Å²) < 4.78 is 5.59. The van der Waals surface area contributed by atoms with Crippen molar-refractivity contribution in [2.75, 3.05) is 27.7 Å². The summed E-state index contributed by atoms with van der Waals surface area (Å²) in [7, 11) is 5.43. The highest BCUT2D eigenvalue weighted by Gasteiger charge is 2.19. The Morgan fingerprint density at radius 1 is 1.14 bits per heavy atom. The van der Waals surface area contributed by atoms with E-state index in [9.17, 15) is 9.59 Å². The molecule has 2 heterocycles. The Morgan fingerprint density at radius 2 is 1.94 bits per heavy atom. The number of Topliss-reactive ketones (excluding diaryl/α,β-unsaturated/α-hetero) is 1. The number of ether oxygens (including phenoxy) is 1. The van der Waals surface area contributed by atoms with Crippen LogP contribution in [0.1, 0.15) is 63.7 Å². The molecule has 3 N–H and O–H groups in total. The zero-order valence-corrected chi connectivity index (χ0v) is 21.8. The Balaban J connectivity index is 1.74. The molecular weight excluding hydrogens is 456 g/mol. The molecule has 0 aliphatic rings. The fourth-order valence-corrected chi connectivity index (χ4v) is 4.06. The molecule has 0 spiro atoms. The van der Waals surface area contributed by atoms with Crippen LogP contribution >= 0.6 is 0 Å². The second-order valence-corrected chi connectivity index (χ2v) is 9.07. The summed E-state index contributed by atoms with van der Waals surface area (Å²) in [6, 6.07) is 9.47. The van der Waals surface area contributed by atoms with E-state index < -0.39 is 0 Å². The van der Waals surface area contributed by atoms with E-state index in [2.05, 4.69) is 20.7 Å². The summed E-state index contributed by atoms with van der Waals surface area (Å²) in [5.74, 6) is 1.69. The number of para-hydroxylation sites is 1. The molecule has 0 fully saturated rings. The number of hydrogen-bond acceptors (Lipinski definition) is 7. The molecule has 2 aromatic heterocycles. The second-order valence-electron chi connectivity index (χ2n) is 9.07. The van der Waals surface area contributed by atoms with E-state index in [1.165, 1.54) is 0 Å².